The second kappa shape index (κ2) is 8.39. The van der Waals surface area contributed by atoms with Crippen molar-refractivity contribution in [1.29, 1.82) is 0 Å². The van der Waals surface area contributed by atoms with Crippen molar-refractivity contribution in [3.05, 3.63) is 72.3 Å². The van der Waals surface area contributed by atoms with E-state index in [9.17, 15) is 4.79 Å². The Morgan fingerprint density at radius 1 is 0.923 bits per heavy atom. The molecule has 0 aliphatic rings. The molecule has 1 N–H and O–H groups in total. The quantitative estimate of drug-likeness (QED) is 0.698. The summed E-state index contributed by atoms with van der Waals surface area (Å²) in [4.78, 5) is 12.1. The zero-order valence-electron chi connectivity index (χ0n) is 15.1. The molecule has 0 saturated heterocycles. The molecule has 0 saturated carbocycles. The van der Waals surface area contributed by atoms with E-state index in [-0.39, 0.29) is 18.6 Å². The standard InChI is InChI=1S/C22H23NO3/c1-16-8-3-6-12-20(16)25-14-17(2)23-22(24)15-26-21-13-7-10-18-9-4-5-11-19(18)21/h3-13,17H,14-15H2,1-2H3,(H,23,24)/t17-/m1/s1. The van der Waals surface area contributed by atoms with Crippen LogP contribution in [0.25, 0.3) is 10.8 Å². The molecule has 0 radical (unpaired) electrons. The van der Waals surface area contributed by atoms with Gasteiger partial charge in [-0.25, -0.2) is 0 Å². The van der Waals surface area contributed by atoms with Crippen LogP contribution >= 0.6 is 0 Å². The average molecular weight is 349 g/mol. The first kappa shape index (κ1) is 17.8. The van der Waals surface area contributed by atoms with Crippen LogP contribution in [0.3, 0.4) is 0 Å². The molecule has 0 unspecified atom stereocenters. The van der Waals surface area contributed by atoms with Crippen molar-refractivity contribution >= 4 is 16.7 Å². The fourth-order valence-corrected chi connectivity index (χ4v) is 2.76. The lowest BCUT2D eigenvalue weighted by Gasteiger charge is -2.16. The number of hydrogen-bond donors (Lipinski definition) is 1. The van der Waals surface area contributed by atoms with Gasteiger partial charge in [0.05, 0.1) is 6.04 Å². The number of ether oxygens (including phenoxy) is 2. The summed E-state index contributed by atoms with van der Waals surface area (Å²) in [5.74, 6) is 1.38. The summed E-state index contributed by atoms with van der Waals surface area (Å²) >= 11 is 0. The van der Waals surface area contributed by atoms with Gasteiger partial charge >= 0.3 is 0 Å². The first-order valence-corrected chi connectivity index (χ1v) is 8.72. The van der Waals surface area contributed by atoms with Crippen LogP contribution in [-0.4, -0.2) is 25.2 Å². The highest BCUT2D eigenvalue weighted by molar-refractivity contribution is 5.88. The van der Waals surface area contributed by atoms with Gasteiger partial charge in [-0.2, -0.15) is 0 Å². The van der Waals surface area contributed by atoms with Crippen LogP contribution in [0.1, 0.15) is 12.5 Å². The van der Waals surface area contributed by atoms with Crippen LogP contribution in [0.5, 0.6) is 11.5 Å². The van der Waals surface area contributed by atoms with E-state index in [1.54, 1.807) is 0 Å². The number of carbonyl (C=O) groups is 1. The lowest BCUT2D eigenvalue weighted by molar-refractivity contribution is -0.123. The van der Waals surface area contributed by atoms with E-state index in [0.717, 1.165) is 22.1 Å². The summed E-state index contributed by atoms with van der Waals surface area (Å²) in [6, 6.07) is 21.5. The minimum Gasteiger partial charge on any atom is -0.491 e. The fourth-order valence-electron chi connectivity index (χ4n) is 2.76. The summed E-state index contributed by atoms with van der Waals surface area (Å²) in [5.41, 5.74) is 1.07. The first-order chi connectivity index (χ1) is 12.6. The zero-order valence-corrected chi connectivity index (χ0v) is 15.1. The van der Waals surface area contributed by atoms with Crippen molar-refractivity contribution in [1.82, 2.24) is 5.32 Å². The molecule has 26 heavy (non-hydrogen) atoms. The minimum atomic E-state index is -0.168. The van der Waals surface area contributed by atoms with E-state index in [1.165, 1.54) is 0 Å². The smallest absolute Gasteiger partial charge is 0.258 e. The third-order valence-corrected chi connectivity index (χ3v) is 4.10. The van der Waals surface area contributed by atoms with Gasteiger partial charge in [-0.3, -0.25) is 4.79 Å². The molecule has 3 rings (SSSR count). The second-order valence-corrected chi connectivity index (χ2v) is 6.31. The minimum absolute atomic E-state index is 0.0251. The highest BCUT2D eigenvalue weighted by Gasteiger charge is 2.10. The second-order valence-electron chi connectivity index (χ2n) is 6.31. The largest absolute Gasteiger partial charge is 0.491 e. The highest BCUT2D eigenvalue weighted by atomic mass is 16.5. The normalized spacial score (nSPS) is 11.8. The Labute approximate surface area is 153 Å². The number of para-hydroxylation sites is 1. The van der Waals surface area contributed by atoms with Gasteiger partial charge in [0.25, 0.3) is 5.91 Å². The molecule has 0 aromatic heterocycles. The van der Waals surface area contributed by atoms with Gasteiger partial charge in [-0.15, -0.1) is 0 Å². The summed E-state index contributed by atoms with van der Waals surface area (Å²) < 4.78 is 11.5. The number of amides is 1. The molecule has 0 aliphatic heterocycles. The van der Waals surface area contributed by atoms with Crippen LogP contribution in [0.2, 0.25) is 0 Å². The Morgan fingerprint density at radius 3 is 2.46 bits per heavy atom. The van der Waals surface area contributed by atoms with Gasteiger partial charge in [0.15, 0.2) is 6.61 Å². The van der Waals surface area contributed by atoms with Crippen LogP contribution in [0.15, 0.2) is 66.7 Å². The Bertz CT molecular complexity index is 886. The molecule has 0 bridgehead atoms. The third kappa shape index (κ3) is 4.54. The first-order valence-electron chi connectivity index (χ1n) is 8.72. The van der Waals surface area contributed by atoms with E-state index in [2.05, 4.69) is 5.32 Å². The molecule has 1 amide bonds. The van der Waals surface area contributed by atoms with Gasteiger partial charge in [0.1, 0.15) is 18.1 Å². The molecule has 0 aliphatic carbocycles. The van der Waals surface area contributed by atoms with Gasteiger partial charge < -0.3 is 14.8 Å². The van der Waals surface area contributed by atoms with Crippen molar-refractivity contribution in [2.75, 3.05) is 13.2 Å². The predicted molar refractivity (Wildman–Crippen MR) is 104 cm³/mol. The Balaban J connectivity index is 1.50. The summed E-state index contributed by atoms with van der Waals surface area (Å²) in [5, 5.41) is 4.99. The molecular formula is C22H23NO3. The van der Waals surface area contributed by atoms with Crippen LogP contribution in [0.4, 0.5) is 0 Å². The molecule has 3 aromatic rings. The number of benzene rings is 3. The molecule has 4 nitrogen and oxygen atoms in total. The molecule has 3 aromatic carbocycles. The molecular weight excluding hydrogens is 326 g/mol. The number of rotatable bonds is 7. The van der Waals surface area contributed by atoms with Crippen LogP contribution in [0, 0.1) is 6.92 Å². The number of carbonyl (C=O) groups excluding carboxylic acids is 1. The Morgan fingerprint density at radius 2 is 1.62 bits per heavy atom. The van der Waals surface area contributed by atoms with Gasteiger partial charge in [-0.1, -0.05) is 54.6 Å². The van der Waals surface area contributed by atoms with E-state index >= 15 is 0 Å². The maximum atomic E-state index is 12.1. The Kier molecular flexibility index (Phi) is 5.74. The maximum Gasteiger partial charge on any atom is 0.258 e. The number of fused-ring (bicyclic) bond motifs is 1. The number of aryl methyl sites for hydroxylation is 1. The van der Waals surface area contributed by atoms with Gasteiger partial charge in [-0.05, 0) is 36.9 Å². The van der Waals surface area contributed by atoms with Crippen molar-refractivity contribution in [3.8, 4) is 11.5 Å². The molecule has 134 valence electrons. The topological polar surface area (TPSA) is 47.6 Å². The van der Waals surface area contributed by atoms with Crippen LogP contribution in [-0.2, 0) is 4.79 Å². The van der Waals surface area contributed by atoms with Crippen molar-refractivity contribution in [2.24, 2.45) is 0 Å². The molecule has 0 spiro atoms. The van der Waals surface area contributed by atoms with Gasteiger partial charge in [0, 0.05) is 5.39 Å². The maximum absolute atomic E-state index is 12.1. The number of nitrogens with one attached hydrogen (secondary N) is 1. The summed E-state index contributed by atoms with van der Waals surface area (Å²) in [6.45, 7) is 4.29. The molecule has 0 heterocycles. The van der Waals surface area contributed by atoms with E-state index in [4.69, 9.17) is 9.47 Å². The lowest BCUT2D eigenvalue weighted by atomic mass is 10.1. The van der Waals surface area contributed by atoms with Crippen molar-refractivity contribution < 1.29 is 14.3 Å². The molecule has 0 fully saturated rings. The van der Waals surface area contributed by atoms with Crippen molar-refractivity contribution in [3.63, 3.8) is 0 Å². The predicted octanol–water partition coefficient (Wildman–Crippen LogP) is 4.11. The van der Waals surface area contributed by atoms with E-state index in [0.29, 0.717) is 12.4 Å². The Hall–Kier alpha value is -3.01. The SMILES string of the molecule is Cc1ccccc1OC[C@@H](C)NC(=O)COc1cccc2ccccc12. The molecule has 1 atom stereocenters. The monoisotopic (exact) mass is 349 g/mol. The number of hydrogen-bond acceptors (Lipinski definition) is 3. The average Bonchev–Trinajstić information content (AvgIpc) is 2.65. The van der Waals surface area contributed by atoms with Crippen LogP contribution < -0.4 is 14.8 Å². The van der Waals surface area contributed by atoms with E-state index < -0.39 is 0 Å². The fraction of sp³-hybridized carbons (Fsp3) is 0.227. The summed E-state index contributed by atoms with van der Waals surface area (Å²) in [6.07, 6.45) is 0. The highest BCUT2D eigenvalue weighted by Crippen LogP contribution is 2.25. The summed E-state index contributed by atoms with van der Waals surface area (Å²) in [7, 11) is 0. The van der Waals surface area contributed by atoms with Gasteiger partial charge in [0.2, 0.25) is 0 Å². The molecule has 4 heteroatoms. The lowest BCUT2D eigenvalue weighted by Crippen LogP contribution is -2.39. The third-order valence-electron chi connectivity index (χ3n) is 4.10. The zero-order chi connectivity index (χ0) is 18.4. The van der Waals surface area contributed by atoms with Crippen molar-refractivity contribution in [2.45, 2.75) is 19.9 Å². The van der Waals surface area contributed by atoms with E-state index in [1.807, 2.05) is 80.6 Å².